The molecule has 0 bridgehead atoms. The van der Waals surface area contributed by atoms with E-state index < -0.39 is 0 Å². The molecule has 1 heterocycles. The number of rotatable bonds is 6. The average molecular weight is 310 g/mol. The van der Waals surface area contributed by atoms with Gasteiger partial charge >= 0.3 is 0 Å². The van der Waals surface area contributed by atoms with Crippen molar-refractivity contribution in [1.29, 1.82) is 0 Å². The molecule has 0 aliphatic heterocycles. The van der Waals surface area contributed by atoms with Crippen molar-refractivity contribution in [2.45, 2.75) is 25.3 Å². The first-order valence-corrected chi connectivity index (χ1v) is 7.24. The lowest BCUT2D eigenvalue weighted by Gasteiger charge is -2.16. The van der Waals surface area contributed by atoms with Crippen LogP contribution < -0.4 is 11.3 Å². The van der Waals surface area contributed by atoms with Gasteiger partial charge in [-0.3, -0.25) is 16.3 Å². The van der Waals surface area contributed by atoms with Crippen LogP contribution in [0.25, 0.3) is 0 Å². The number of nitrogens with zero attached hydrogens (tertiary/aromatic N) is 1. The van der Waals surface area contributed by atoms with Crippen molar-refractivity contribution in [3.8, 4) is 0 Å². The lowest BCUT2D eigenvalue weighted by atomic mass is 10.0. The Kier molecular flexibility index (Phi) is 5.80. The van der Waals surface area contributed by atoms with Gasteiger partial charge in [0.05, 0.1) is 0 Å². The number of nitrogens with one attached hydrogen (secondary N) is 1. The number of hydrogen-bond donors (Lipinski definition) is 2. The van der Waals surface area contributed by atoms with E-state index in [1.54, 1.807) is 12.3 Å². The maximum Gasteiger partial charge on any atom is 0.0453 e. The van der Waals surface area contributed by atoms with Gasteiger partial charge in [-0.1, -0.05) is 35.3 Å². The molecule has 2 rings (SSSR count). The van der Waals surface area contributed by atoms with E-state index in [0.29, 0.717) is 10.0 Å². The van der Waals surface area contributed by atoms with E-state index in [9.17, 15) is 0 Å². The largest absolute Gasteiger partial charge is 0.271 e. The minimum Gasteiger partial charge on any atom is -0.271 e. The first kappa shape index (κ1) is 15.3. The molecule has 1 atom stereocenters. The van der Waals surface area contributed by atoms with Gasteiger partial charge in [0, 0.05) is 28.0 Å². The van der Waals surface area contributed by atoms with Crippen molar-refractivity contribution in [1.82, 2.24) is 10.4 Å². The number of pyridine rings is 1. The number of benzene rings is 1. The average Bonchev–Trinajstić information content (AvgIpc) is 2.46. The minimum atomic E-state index is 0.149. The summed E-state index contributed by atoms with van der Waals surface area (Å²) in [5.74, 6) is 5.63. The Morgan fingerprint density at radius 2 is 2.05 bits per heavy atom. The van der Waals surface area contributed by atoms with Gasteiger partial charge in [0.15, 0.2) is 0 Å². The molecule has 3 N–H and O–H groups in total. The predicted octanol–water partition coefficient (Wildman–Crippen LogP) is 3.40. The van der Waals surface area contributed by atoms with Crippen LogP contribution in [0.1, 0.15) is 17.7 Å². The van der Waals surface area contributed by atoms with Crippen LogP contribution in [-0.2, 0) is 12.8 Å². The minimum absolute atomic E-state index is 0.149. The predicted molar refractivity (Wildman–Crippen MR) is 83.8 cm³/mol. The van der Waals surface area contributed by atoms with E-state index in [1.165, 1.54) is 0 Å². The number of nitrogens with two attached hydrogens (primary N) is 1. The molecule has 3 nitrogen and oxygen atoms in total. The Morgan fingerprint density at radius 3 is 2.70 bits per heavy atom. The number of aromatic nitrogens is 1. The lowest BCUT2D eigenvalue weighted by Crippen LogP contribution is -2.37. The molecule has 0 fully saturated rings. The summed E-state index contributed by atoms with van der Waals surface area (Å²) < 4.78 is 0. The normalized spacial score (nSPS) is 12.3. The first-order valence-electron chi connectivity index (χ1n) is 6.49. The molecule has 0 aliphatic carbocycles. The fraction of sp³-hybridized carbons (Fsp3) is 0.267. The summed E-state index contributed by atoms with van der Waals surface area (Å²) in [5, 5.41) is 1.32. The lowest BCUT2D eigenvalue weighted by molar-refractivity contribution is 0.489. The van der Waals surface area contributed by atoms with Gasteiger partial charge < -0.3 is 0 Å². The molecule has 2 aromatic rings. The van der Waals surface area contributed by atoms with Crippen molar-refractivity contribution in [2.24, 2.45) is 5.84 Å². The zero-order valence-corrected chi connectivity index (χ0v) is 12.5. The molecular formula is C15H17Cl2N3. The summed E-state index contributed by atoms with van der Waals surface area (Å²) in [6, 6.07) is 11.6. The second-order valence-electron chi connectivity index (χ2n) is 4.66. The van der Waals surface area contributed by atoms with E-state index in [-0.39, 0.29) is 6.04 Å². The van der Waals surface area contributed by atoms with Crippen molar-refractivity contribution in [3.05, 3.63) is 63.9 Å². The van der Waals surface area contributed by atoms with E-state index in [1.807, 2.05) is 30.3 Å². The molecule has 0 saturated carbocycles. The Labute approximate surface area is 129 Å². The fourth-order valence-corrected chi connectivity index (χ4v) is 2.55. The molecule has 1 unspecified atom stereocenters. The Morgan fingerprint density at radius 1 is 1.20 bits per heavy atom. The highest BCUT2D eigenvalue weighted by atomic mass is 35.5. The molecule has 0 saturated heterocycles. The summed E-state index contributed by atoms with van der Waals surface area (Å²) in [6.07, 6.45) is 4.34. The monoisotopic (exact) mass is 309 g/mol. The third-order valence-electron chi connectivity index (χ3n) is 3.19. The highest BCUT2D eigenvalue weighted by Crippen LogP contribution is 2.22. The molecule has 5 heteroatoms. The Hall–Kier alpha value is -1.13. The molecule has 106 valence electrons. The van der Waals surface area contributed by atoms with Crippen LogP contribution in [0.5, 0.6) is 0 Å². The van der Waals surface area contributed by atoms with Gasteiger partial charge in [-0.25, -0.2) is 0 Å². The van der Waals surface area contributed by atoms with Gasteiger partial charge in [-0.2, -0.15) is 0 Å². The second kappa shape index (κ2) is 7.60. The summed E-state index contributed by atoms with van der Waals surface area (Å²) in [7, 11) is 0. The highest BCUT2D eigenvalue weighted by molar-refractivity contribution is 6.35. The summed E-state index contributed by atoms with van der Waals surface area (Å²) in [4.78, 5) is 4.31. The standard InChI is InChI=1S/C15H17Cl2N3/c16-12-5-4-11(15(17)10-12)9-14(20-18)7-6-13-3-1-2-8-19-13/h1-5,8,10,14,20H,6-7,9,18H2. The SMILES string of the molecule is NNC(CCc1ccccn1)Cc1ccc(Cl)cc1Cl. The first-order chi connectivity index (χ1) is 9.69. The van der Waals surface area contributed by atoms with E-state index in [0.717, 1.165) is 30.5 Å². The number of halogens is 2. The van der Waals surface area contributed by atoms with Crippen LogP contribution in [0.3, 0.4) is 0 Å². The van der Waals surface area contributed by atoms with Gasteiger partial charge in [0.1, 0.15) is 0 Å². The molecule has 1 aromatic carbocycles. The topological polar surface area (TPSA) is 50.9 Å². The zero-order valence-electron chi connectivity index (χ0n) is 11.0. The molecule has 0 amide bonds. The van der Waals surface area contributed by atoms with Crippen LogP contribution in [-0.4, -0.2) is 11.0 Å². The van der Waals surface area contributed by atoms with Gasteiger partial charge in [-0.15, -0.1) is 0 Å². The quantitative estimate of drug-likeness (QED) is 0.635. The Balaban J connectivity index is 1.95. The van der Waals surface area contributed by atoms with Crippen molar-refractivity contribution in [2.75, 3.05) is 0 Å². The number of hydrazine groups is 1. The molecule has 0 aliphatic rings. The summed E-state index contributed by atoms with van der Waals surface area (Å²) in [6.45, 7) is 0. The summed E-state index contributed by atoms with van der Waals surface area (Å²) in [5.41, 5.74) is 4.95. The van der Waals surface area contributed by atoms with E-state index in [4.69, 9.17) is 29.0 Å². The molecule has 0 radical (unpaired) electrons. The van der Waals surface area contributed by atoms with Crippen LogP contribution in [0.15, 0.2) is 42.6 Å². The zero-order chi connectivity index (χ0) is 14.4. The van der Waals surface area contributed by atoms with Crippen molar-refractivity contribution in [3.63, 3.8) is 0 Å². The fourth-order valence-electron chi connectivity index (χ4n) is 2.07. The smallest absolute Gasteiger partial charge is 0.0453 e. The number of hydrogen-bond acceptors (Lipinski definition) is 3. The maximum atomic E-state index is 6.18. The number of aryl methyl sites for hydroxylation is 1. The molecular weight excluding hydrogens is 293 g/mol. The van der Waals surface area contributed by atoms with Gasteiger partial charge in [0.2, 0.25) is 0 Å². The molecule has 0 spiro atoms. The van der Waals surface area contributed by atoms with Crippen LogP contribution in [0.2, 0.25) is 10.0 Å². The van der Waals surface area contributed by atoms with Crippen molar-refractivity contribution < 1.29 is 0 Å². The van der Waals surface area contributed by atoms with Crippen molar-refractivity contribution >= 4 is 23.2 Å². The highest BCUT2D eigenvalue weighted by Gasteiger charge is 2.11. The maximum absolute atomic E-state index is 6.18. The van der Waals surface area contributed by atoms with Crippen LogP contribution >= 0.6 is 23.2 Å². The van der Waals surface area contributed by atoms with Crippen LogP contribution in [0.4, 0.5) is 0 Å². The van der Waals surface area contributed by atoms with Crippen LogP contribution in [0, 0.1) is 0 Å². The summed E-state index contributed by atoms with van der Waals surface area (Å²) >= 11 is 12.1. The van der Waals surface area contributed by atoms with E-state index in [2.05, 4.69) is 10.4 Å². The van der Waals surface area contributed by atoms with Gasteiger partial charge in [-0.05, 0) is 49.1 Å². The third-order valence-corrected chi connectivity index (χ3v) is 3.78. The second-order valence-corrected chi connectivity index (χ2v) is 5.51. The third kappa shape index (κ3) is 4.46. The molecule has 20 heavy (non-hydrogen) atoms. The Bertz CT molecular complexity index is 546. The molecule has 1 aromatic heterocycles. The van der Waals surface area contributed by atoms with E-state index >= 15 is 0 Å². The van der Waals surface area contributed by atoms with Gasteiger partial charge in [0.25, 0.3) is 0 Å².